The van der Waals surface area contributed by atoms with Crippen LogP contribution >= 0.6 is 0 Å². The number of carbonyl (C=O) groups excluding carboxylic acids is 1. The molecule has 1 aliphatic rings. The number of nitrogens with zero attached hydrogens (tertiary/aromatic N) is 1. The lowest BCUT2D eigenvalue weighted by Crippen LogP contribution is -2.58. The van der Waals surface area contributed by atoms with Crippen LogP contribution in [-0.2, 0) is 9.63 Å². The van der Waals surface area contributed by atoms with Gasteiger partial charge in [0.25, 0.3) is 0 Å². The Balaban J connectivity index is 0.00000137. The highest BCUT2D eigenvalue weighted by Crippen LogP contribution is 2.38. The first-order chi connectivity index (χ1) is 8.29. The molecule has 1 N–H and O–H groups in total. The fraction of sp³-hybridized carbons (Fsp3) is 0.929. The minimum absolute atomic E-state index is 0.00420. The number of amides is 1. The van der Waals surface area contributed by atoms with Crippen molar-refractivity contribution < 1.29 is 9.63 Å². The van der Waals surface area contributed by atoms with Gasteiger partial charge in [-0.3, -0.25) is 9.63 Å². The largest absolute Gasteiger partial charge is 0.357 e. The lowest BCUT2D eigenvalue weighted by Gasteiger charge is -2.51. The molecule has 0 saturated carbocycles. The summed E-state index contributed by atoms with van der Waals surface area (Å²) in [6.07, 6.45) is 3.41. The number of hydrogen-bond donors (Lipinski definition) is 1. The van der Waals surface area contributed by atoms with Crippen LogP contribution in [0, 0.1) is 0 Å². The molecule has 1 aliphatic heterocycles. The third kappa shape index (κ3) is 4.58. The van der Waals surface area contributed by atoms with Gasteiger partial charge >= 0.3 is 0 Å². The Labute approximate surface area is 112 Å². The zero-order valence-electron chi connectivity index (χ0n) is 13.1. The zero-order chi connectivity index (χ0) is 14.4. The number of nitrogens with one attached hydrogen (secondary N) is 1. The third-order valence-electron chi connectivity index (χ3n) is 3.28. The maximum atomic E-state index is 11.2. The Bertz CT molecular complexity index is 247. The van der Waals surface area contributed by atoms with Crippen molar-refractivity contribution in [3.05, 3.63) is 0 Å². The van der Waals surface area contributed by atoms with Crippen LogP contribution in [0.4, 0.5) is 0 Å². The van der Waals surface area contributed by atoms with Gasteiger partial charge in [0.05, 0.1) is 0 Å². The maximum Gasteiger partial charge on any atom is 0.247 e. The average Bonchev–Trinajstić information content (AvgIpc) is 2.29. The summed E-state index contributed by atoms with van der Waals surface area (Å²) in [6, 6.07) is 0. The molecule has 1 saturated heterocycles. The van der Waals surface area contributed by atoms with Gasteiger partial charge in [-0.1, -0.05) is 13.8 Å². The van der Waals surface area contributed by atoms with Crippen molar-refractivity contribution in [3.63, 3.8) is 0 Å². The Hall–Kier alpha value is -0.610. The van der Waals surface area contributed by atoms with Crippen LogP contribution in [0.3, 0.4) is 0 Å². The van der Waals surface area contributed by atoms with Gasteiger partial charge in [0.15, 0.2) is 0 Å². The first-order valence-electron chi connectivity index (χ1n) is 6.93. The van der Waals surface area contributed by atoms with Crippen LogP contribution < -0.4 is 5.32 Å². The lowest BCUT2D eigenvalue weighted by atomic mass is 9.82. The fourth-order valence-corrected chi connectivity index (χ4v) is 2.52. The number of hydrogen-bond acceptors (Lipinski definition) is 3. The van der Waals surface area contributed by atoms with Gasteiger partial charge in [0.2, 0.25) is 5.91 Å². The monoisotopic (exact) mass is 258 g/mol. The van der Waals surface area contributed by atoms with Crippen LogP contribution in [0.2, 0.25) is 0 Å². The first kappa shape index (κ1) is 17.4. The molecule has 1 rings (SSSR count). The van der Waals surface area contributed by atoms with E-state index in [9.17, 15) is 4.79 Å². The van der Waals surface area contributed by atoms with E-state index < -0.39 is 0 Å². The summed E-state index contributed by atoms with van der Waals surface area (Å²) in [4.78, 5) is 16.9. The van der Waals surface area contributed by atoms with E-state index in [2.05, 4.69) is 33.0 Å². The average molecular weight is 258 g/mol. The predicted molar refractivity (Wildman–Crippen MR) is 75.2 cm³/mol. The molecule has 0 radical (unpaired) electrons. The molecule has 0 spiro atoms. The van der Waals surface area contributed by atoms with Gasteiger partial charge in [0.1, 0.15) is 6.61 Å². The molecule has 1 heterocycles. The standard InChI is InChI=1S/C12H24N2O2.C2H6/c1-11(2)7-6-8-12(3,4)14(11)16-9-10(15)13-5;1-2/h6-9H2,1-5H3,(H,13,15);1-2H3. The summed E-state index contributed by atoms with van der Waals surface area (Å²) in [5.74, 6) is -0.0860. The van der Waals surface area contributed by atoms with Crippen molar-refractivity contribution in [1.29, 1.82) is 0 Å². The van der Waals surface area contributed by atoms with Crippen LogP contribution in [0.15, 0.2) is 0 Å². The normalized spacial score (nSPS) is 21.7. The van der Waals surface area contributed by atoms with E-state index in [0.29, 0.717) is 0 Å². The molecule has 4 heteroatoms. The van der Waals surface area contributed by atoms with Gasteiger partial charge in [-0.05, 0) is 47.0 Å². The van der Waals surface area contributed by atoms with Crippen molar-refractivity contribution in [2.45, 2.75) is 71.9 Å². The molecule has 1 fully saturated rings. The summed E-state index contributed by atoms with van der Waals surface area (Å²) in [5, 5.41) is 4.57. The highest BCUT2D eigenvalue weighted by molar-refractivity contribution is 5.76. The smallest absolute Gasteiger partial charge is 0.247 e. The van der Waals surface area contributed by atoms with Crippen LogP contribution in [0.25, 0.3) is 0 Å². The molecule has 18 heavy (non-hydrogen) atoms. The maximum absolute atomic E-state index is 11.2. The quantitative estimate of drug-likeness (QED) is 0.846. The van der Waals surface area contributed by atoms with Crippen LogP contribution in [0.1, 0.15) is 60.8 Å². The number of hydroxylamine groups is 2. The zero-order valence-corrected chi connectivity index (χ0v) is 13.1. The van der Waals surface area contributed by atoms with E-state index in [0.717, 1.165) is 12.8 Å². The highest BCUT2D eigenvalue weighted by atomic mass is 16.7. The Morgan fingerprint density at radius 2 is 1.61 bits per heavy atom. The van der Waals surface area contributed by atoms with E-state index in [1.165, 1.54) is 6.42 Å². The third-order valence-corrected chi connectivity index (χ3v) is 3.28. The topological polar surface area (TPSA) is 41.6 Å². The highest BCUT2D eigenvalue weighted by Gasteiger charge is 2.42. The number of piperidine rings is 1. The van der Waals surface area contributed by atoms with E-state index in [-0.39, 0.29) is 23.6 Å². The molecular formula is C14H30N2O2. The number of carbonyl (C=O) groups is 1. The van der Waals surface area contributed by atoms with Gasteiger partial charge in [-0.15, -0.1) is 0 Å². The summed E-state index contributed by atoms with van der Waals surface area (Å²) >= 11 is 0. The molecule has 0 aromatic carbocycles. The molecule has 0 aliphatic carbocycles. The van der Waals surface area contributed by atoms with Crippen LogP contribution in [-0.4, -0.2) is 35.7 Å². The molecule has 0 aromatic rings. The van der Waals surface area contributed by atoms with Crippen molar-refractivity contribution in [3.8, 4) is 0 Å². The van der Waals surface area contributed by atoms with Gasteiger partial charge in [0, 0.05) is 18.1 Å². The molecular weight excluding hydrogens is 228 g/mol. The molecule has 1 amide bonds. The Kier molecular flexibility index (Phi) is 6.86. The predicted octanol–water partition coefficient (Wildman–Crippen LogP) is 2.73. The number of rotatable bonds is 3. The lowest BCUT2D eigenvalue weighted by molar-refractivity contribution is -0.276. The second kappa shape index (κ2) is 7.10. The van der Waals surface area contributed by atoms with Gasteiger partial charge in [-0.25, -0.2) is 0 Å². The Morgan fingerprint density at radius 1 is 1.17 bits per heavy atom. The van der Waals surface area contributed by atoms with Gasteiger partial charge < -0.3 is 5.32 Å². The SMILES string of the molecule is CC.CNC(=O)CON1C(C)(C)CCCC1(C)C. The second-order valence-electron chi connectivity index (χ2n) is 5.72. The Morgan fingerprint density at radius 3 is 2.00 bits per heavy atom. The number of likely N-dealkylation sites (N-methyl/N-ethyl adjacent to an activating group) is 1. The molecule has 0 bridgehead atoms. The van der Waals surface area contributed by atoms with E-state index in [1.54, 1.807) is 7.05 Å². The minimum Gasteiger partial charge on any atom is -0.357 e. The fourth-order valence-electron chi connectivity index (χ4n) is 2.52. The minimum atomic E-state index is -0.0860. The van der Waals surface area contributed by atoms with Gasteiger partial charge in [-0.2, -0.15) is 5.06 Å². The summed E-state index contributed by atoms with van der Waals surface area (Å²) in [6.45, 7) is 12.8. The molecule has 0 unspecified atom stereocenters. The van der Waals surface area contributed by atoms with E-state index in [1.807, 2.05) is 18.9 Å². The molecule has 0 aromatic heterocycles. The summed E-state index contributed by atoms with van der Waals surface area (Å²) in [5.41, 5.74) is -0.00839. The summed E-state index contributed by atoms with van der Waals surface area (Å²) < 4.78 is 0. The molecule has 108 valence electrons. The first-order valence-corrected chi connectivity index (χ1v) is 6.93. The van der Waals surface area contributed by atoms with E-state index >= 15 is 0 Å². The second-order valence-corrected chi connectivity index (χ2v) is 5.72. The molecule has 4 nitrogen and oxygen atoms in total. The van der Waals surface area contributed by atoms with Crippen molar-refractivity contribution in [2.24, 2.45) is 0 Å². The molecule has 0 atom stereocenters. The van der Waals surface area contributed by atoms with E-state index in [4.69, 9.17) is 4.84 Å². The van der Waals surface area contributed by atoms with Crippen molar-refractivity contribution in [1.82, 2.24) is 10.4 Å². The van der Waals surface area contributed by atoms with Crippen molar-refractivity contribution >= 4 is 5.91 Å². The summed E-state index contributed by atoms with van der Waals surface area (Å²) in [7, 11) is 1.62. The van der Waals surface area contributed by atoms with Crippen molar-refractivity contribution in [2.75, 3.05) is 13.7 Å². The van der Waals surface area contributed by atoms with Crippen LogP contribution in [0.5, 0.6) is 0 Å².